The fourth-order valence-corrected chi connectivity index (χ4v) is 3.87. The molecule has 0 atom stereocenters. The van der Waals surface area contributed by atoms with E-state index in [2.05, 4.69) is 20.2 Å². The molecule has 2 aliphatic rings. The molecule has 0 saturated heterocycles. The normalized spacial score (nSPS) is 12.1. The first-order chi connectivity index (χ1) is 22.0. The molecule has 0 spiro atoms. The van der Waals surface area contributed by atoms with Crippen LogP contribution in [0.15, 0.2) is 102 Å². The van der Waals surface area contributed by atoms with Crippen molar-refractivity contribution in [1.29, 1.82) is 0 Å². The smallest absolute Gasteiger partial charge is 0.860 e. The van der Waals surface area contributed by atoms with Crippen molar-refractivity contribution in [3.8, 4) is 22.6 Å². The van der Waals surface area contributed by atoms with Crippen molar-refractivity contribution in [2.75, 3.05) is 13.1 Å². The second kappa shape index (κ2) is 26.5. The summed E-state index contributed by atoms with van der Waals surface area (Å²) in [6.07, 6.45) is 2.59. The molecular weight excluding hydrogens is 766 g/mol. The molecule has 0 fully saturated rings. The summed E-state index contributed by atoms with van der Waals surface area (Å²) in [5, 5.41) is 52.7. The average Bonchev–Trinajstić information content (AvgIpc) is 3.83. The van der Waals surface area contributed by atoms with Gasteiger partial charge in [-0.2, -0.15) is 10.2 Å². The SMILES string of the molecule is O.O.O.O.O.O.O.O=C1N=C([O-])CN1/N=C\c1ccc(-c2ccc([N+](=O)[O-])cc2)o1.O=C1N=C([O-])CN1/N=C\c1ccc(-c2ccc([N+](=O)[O-])cc2)o1.[Na+].[Na+]. The maximum Gasteiger partial charge on any atom is 1.00 e. The Bertz CT molecular complexity index is 1810. The molecule has 4 heterocycles. The van der Waals surface area contributed by atoms with Crippen LogP contribution in [-0.2, 0) is 0 Å². The zero-order valence-electron chi connectivity index (χ0n) is 28.7. The van der Waals surface area contributed by atoms with Crippen molar-refractivity contribution in [3.05, 3.63) is 105 Å². The number of aliphatic imine (C=N–C) groups is 2. The van der Waals surface area contributed by atoms with E-state index in [-0.39, 0.29) is 122 Å². The van der Waals surface area contributed by atoms with E-state index in [9.17, 15) is 40.0 Å². The maximum absolute atomic E-state index is 11.3. The summed E-state index contributed by atoms with van der Waals surface area (Å²) in [6, 6.07) is 16.9. The number of urea groups is 2. The predicted octanol–water partition coefficient (Wildman–Crippen LogP) is -9.00. The average molecular weight is 799 g/mol. The van der Waals surface area contributed by atoms with Crippen LogP contribution in [0.4, 0.5) is 21.0 Å². The third kappa shape index (κ3) is 15.6. The quantitative estimate of drug-likeness (QED) is 0.0701. The minimum Gasteiger partial charge on any atom is -0.860 e. The summed E-state index contributed by atoms with van der Waals surface area (Å²) in [5.74, 6) is 0.636. The Kier molecular flexibility index (Phi) is 28.4. The van der Waals surface area contributed by atoms with Gasteiger partial charge in [-0.15, -0.1) is 0 Å². The van der Waals surface area contributed by atoms with Crippen LogP contribution in [-0.4, -0.2) is 108 Å². The summed E-state index contributed by atoms with van der Waals surface area (Å²) >= 11 is 0. The van der Waals surface area contributed by atoms with Crippen LogP contribution >= 0.6 is 0 Å². The molecule has 27 heteroatoms. The van der Waals surface area contributed by atoms with E-state index >= 15 is 0 Å². The summed E-state index contributed by atoms with van der Waals surface area (Å²) < 4.78 is 11.0. The van der Waals surface area contributed by atoms with Gasteiger partial charge in [0.1, 0.15) is 23.0 Å². The standard InChI is InChI=1S/2C14H10N4O5.2Na.7H2O/c2*19-13-8-17(14(20)16-13)15-7-11-5-6-12(23-11)9-1-3-10(4-2-9)18(21)22;;;;;;;;;/h2*1-7H,8H2,(H,16,19,20);;;7*1H2/q;;2*+1;;;;;;;/p-2/b2*15-7-;;;;;;;;;. The Morgan fingerprint density at radius 1 is 0.564 bits per heavy atom. The molecule has 6 rings (SSSR count). The van der Waals surface area contributed by atoms with Crippen molar-refractivity contribution in [3.63, 3.8) is 0 Å². The van der Waals surface area contributed by atoms with Gasteiger partial charge in [-0.25, -0.2) is 29.6 Å². The Balaban J connectivity index is -0.000000260. The molecule has 0 unspecified atom stereocenters. The van der Waals surface area contributed by atoms with E-state index in [1.54, 1.807) is 48.5 Å². The van der Waals surface area contributed by atoms with Gasteiger partial charge in [-0.3, -0.25) is 20.2 Å². The molecule has 288 valence electrons. The number of amides is 4. The minimum absolute atomic E-state index is 0. The molecule has 14 N–H and O–H groups in total. The largest absolute Gasteiger partial charge is 1.00 e. The minimum atomic E-state index is -0.714. The van der Waals surface area contributed by atoms with Crippen LogP contribution in [0.3, 0.4) is 0 Å². The van der Waals surface area contributed by atoms with E-state index in [1.165, 1.54) is 36.7 Å². The van der Waals surface area contributed by atoms with Crippen LogP contribution in [0, 0.1) is 20.2 Å². The first-order valence-corrected chi connectivity index (χ1v) is 12.9. The van der Waals surface area contributed by atoms with Gasteiger partial charge in [0.25, 0.3) is 11.4 Å². The molecule has 0 aliphatic carbocycles. The van der Waals surface area contributed by atoms with E-state index in [1.807, 2.05) is 0 Å². The number of hydrazone groups is 2. The van der Waals surface area contributed by atoms with Gasteiger partial charge in [-0.1, -0.05) is 0 Å². The Morgan fingerprint density at radius 2 is 0.873 bits per heavy atom. The Morgan fingerprint density at radius 3 is 1.13 bits per heavy atom. The number of carbonyl (C=O) groups is 2. The van der Waals surface area contributed by atoms with E-state index in [4.69, 9.17) is 8.83 Å². The first-order valence-electron chi connectivity index (χ1n) is 12.9. The number of furan rings is 2. The number of hydrogen-bond donors (Lipinski definition) is 0. The van der Waals surface area contributed by atoms with Gasteiger partial charge in [-0.05, 0) is 60.3 Å². The van der Waals surface area contributed by atoms with Crippen LogP contribution < -0.4 is 69.3 Å². The number of rotatable bonds is 8. The fourth-order valence-electron chi connectivity index (χ4n) is 3.87. The van der Waals surface area contributed by atoms with Gasteiger partial charge in [0.05, 0.1) is 35.4 Å². The first kappa shape index (κ1) is 59.0. The molecule has 4 amide bonds. The monoisotopic (exact) mass is 798 g/mol. The Labute approximate surface area is 352 Å². The van der Waals surface area contributed by atoms with Gasteiger partial charge >= 0.3 is 71.2 Å². The number of nitro benzene ring substituents is 2. The number of nitro groups is 2. The van der Waals surface area contributed by atoms with Crippen molar-refractivity contribution in [2.24, 2.45) is 20.2 Å². The molecule has 0 bridgehead atoms. The third-order valence-corrected chi connectivity index (χ3v) is 6.08. The summed E-state index contributed by atoms with van der Waals surface area (Å²) in [6.45, 7) is -0.378. The van der Waals surface area contributed by atoms with Crippen molar-refractivity contribution in [2.45, 2.75) is 0 Å². The van der Waals surface area contributed by atoms with Crippen LogP contribution in [0.25, 0.3) is 22.6 Å². The van der Waals surface area contributed by atoms with Crippen molar-refractivity contribution in [1.82, 2.24) is 10.0 Å². The molecule has 0 radical (unpaired) electrons. The zero-order valence-corrected chi connectivity index (χ0v) is 32.7. The van der Waals surface area contributed by atoms with Gasteiger partial charge < -0.3 is 57.4 Å². The third-order valence-electron chi connectivity index (χ3n) is 6.08. The van der Waals surface area contributed by atoms with E-state index in [0.717, 1.165) is 10.0 Å². The van der Waals surface area contributed by atoms with Crippen LogP contribution in [0.2, 0.25) is 0 Å². The fraction of sp³-hybridized carbons (Fsp3) is 0.0714. The van der Waals surface area contributed by atoms with Gasteiger partial charge in [0.2, 0.25) is 0 Å². The second-order valence-electron chi connectivity index (χ2n) is 9.19. The number of hydrogen-bond acceptors (Lipinski definition) is 12. The number of nitrogens with zero attached hydrogens (tertiary/aromatic N) is 8. The molecule has 2 aliphatic heterocycles. The molecule has 55 heavy (non-hydrogen) atoms. The number of non-ortho nitro benzene ring substituents is 2. The summed E-state index contributed by atoms with van der Waals surface area (Å²) in [7, 11) is 0. The van der Waals surface area contributed by atoms with Gasteiger partial charge in [0.15, 0.2) is 0 Å². The van der Waals surface area contributed by atoms with Crippen LogP contribution in [0.5, 0.6) is 0 Å². The molecule has 25 nitrogen and oxygen atoms in total. The zero-order chi connectivity index (χ0) is 32.8. The predicted molar refractivity (Wildman–Crippen MR) is 181 cm³/mol. The van der Waals surface area contributed by atoms with Crippen LogP contribution in [0.1, 0.15) is 11.5 Å². The molecule has 0 saturated carbocycles. The number of carbonyl (C=O) groups excluding carboxylic acids is 2. The molecule has 4 aromatic rings. The summed E-state index contributed by atoms with van der Waals surface area (Å²) in [4.78, 5) is 49.2. The van der Waals surface area contributed by atoms with E-state index < -0.39 is 33.7 Å². The molecular formula is C28H32N8Na2O17. The van der Waals surface area contributed by atoms with Crippen molar-refractivity contribution >= 4 is 47.7 Å². The molecule has 2 aromatic carbocycles. The van der Waals surface area contributed by atoms with E-state index in [0.29, 0.717) is 34.2 Å². The second-order valence-corrected chi connectivity index (χ2v) is 9.19. The molecule has 2 aromatic heterocycles. The Hall–Kier alpha value is -5.26. The topological polar surface area (TPSA) is 469 Å². The summed E-state index contributed by atoms with van der Waals surface area (Å²) in [5.41, 5.74) is 1.31. The van der Waals surface area contributed by atoms with Crippen molar-refractivity contribution < 1.29 is 136 Å². The van der Waals surface area contributed by atoms with Gasteiger partial charge in [0, 0.05) is 35.4 Å². The maximum atomic E-state index is 11.3. The number of benzene rings is 2.